The summed E-state index contributed by atoms with van der Waals surface area (Å²) in [6.07, 6.45) is 9.92. The molecule has 3 unspecified atom stereocenters. The zero-order chi connectivity index (χ0) is 12.7. The van der Waals surface area contributed by atoms with Crippen molar-refractivity contribution in [1.82, 2.24) is 4.90 Å². The smallest absolute Gasteiger partial charge is 0.000661 e. The van der Waals surface area contributed by atoms with Crippen LogP contribution in [0.2, 0.25) is 0 Å². The molecule has 1 heterocycles. The van der Waals surface area contributed by atoms with Gasteiger partial charge >= 0.3 is 0 Å². The average molecular weight is 239 g/mol. The lowest BCUT2D eigenvalue weighted by molar-refractivity contribution is 0.197. The third-order valence-corrected chi connectivity index (χ3v) is 4.74. The van der Waals surface area contributed by atoms with Crippen LogP contribution in [0.1, 0.15) is 65.7 Å². The molecule has 1 aliphatic heterocycles. The van der Waals surface area contributed by atoms with E-state index in [9.17, 15) is 0 Å². The summed E-state index contributed by atoms with van der Waals surface area (Å²) >= 11 is 0. The van der Waals surface area contributed by atoms with E-state index in [-0.39, 0.29) is 0 Å². The van der Waals surface area contributed by atoms with Crippen molar-refractivity contribution in [2.45, 2.75) is 65.7 Å². The molecule has 1 rings (SSSR count). The topological polar surface area (TPSA) is 3.24 Å². The van der Waals surface area contributed by atoms with E-state index >= 15 is 0 Å². The second-order valence-electron chi connectivity index (χ2n) is 6.28. The van der Waals surface area contributed by atoms with Gasteiger partial charge in [0.05, 0.1) is 0 Å². The van der Waals surface area contributed by atoms with E-state index in [1.54, 1.807) is 0 Å². The summed E-state index contributed by atoms with van der Waals surface area (Å²) in [7, 11) is 2.31. The zero-order valence-corrected chi connectivity index (χ0v) is 12.5. The molecule has 0 aromatic carbocycles. The Bertz CT molecular complexity index is 190. The van der Waals surface area contributed by atoms with E-state index < -0.39 is 0 Å². The van der Waals surface area contributed by atoms with E-state index in [0.29, 0.717) is 0 Å². The van der Waals surface area contributed by atoms with Gasteiger partial charge in [0.1, 0.15) is 0 Å². The minimum Gasteiger partial charge on any atom is -0.306 e. The van der Waals surface area contributed by atoms with Crippen molar-refractivity contribution < 1.29 is 0 Å². The first-order valence-corrected chi connectivity index (χ1v) is 7.85. The van der Waals surface area contributed by atoms with Crippen LogP contribution in [0.4, 0.5) is 0 Å². The molecule has 0 aromatic rings. The Kier molecular flexibility index (Phi) is 7.18. The summed E-state index contributed by atoms with van der Waals surface area (Å²) in [6, 6.07) is 0. The Hall–Kier alpha value is -0.0400. The molecule has 1 aliphatic rings. The maximum atomic E-state index is 2.57. The van der Waals surface area contributed by atoms with Gasteiger partial charge in [0.15, 0.2) is 0 Å². The first-order valence-electron chi connectivity index (χ1n) is 7.85. The first kappa shape index (κ1) is 15.0. The van der Waals surface area contributed by atoms with Gasteiger partial charge in [0, 0.05) is 6.54 Å². The highest BCUT2D eigenvalue weighted by molar-refractivity contribution is 4.73. The van der Waals surface area contributed by atoms with Gasteiger partial charge in [-0.15, -0.1) is 0 Å². The normalized spacial score (nSPS) is 33.5. The van der Waals surface area contributed by atoms with Crippen LogP contribution in [0.3, 0.4) is 0 Å². The fraction of sp³-hybridized carbons (Fsp3) is 1.00. The van der Waals surface area contributed by atoms with Gasteiger partial charge < -0.3 is 4.90 Å². The highest BCUT2D eigenvalue weighted by Crippen LogP contribution is 2.29. The van der Waals surface area contributed by atoms with Gasteiger partial charge in [-0.3, -0.25) is 0 Å². The van der Waals surface area contributed by atoms with Gasteiger partial charge in [0.2, 0.25) is 0 Å². The first-order chi connectivity index (χ1) is 8.17. The highest BCUT2D eigenvalue weighted by atomic mass is 15.1. The Morgan fingerprint density at radius 1 is 1.12 bits per heavy atom. The van der Waals surface area contributed by atoms with Gasteiger partial charge in [-0.05, 0) is 63.5 Å². The van der Waals surface area contributed by atoms with Gasteiger partial charge in [0.25, 0.3) is 0 Å². The maximum Gasteiger partial charge on any atom is 0.000661 e. The van der Waals surface area contributed by atoms with Crippen molar-refractivity contribution in [1.29, 1.82) is 0 Å². The molecular weight excluding hydrogens is 206 g/mol. The molecule has 0 aromatic heterocycles. The van der Waals surface area contributed by atoms with Crippen molar-refractivity contribution in [3.8, 4) is 0 Å². The van der Waals surface area contributed by atoms with Gasteiger partial charge in [-0.1, -0.05) is 33.6 Å². The standard InChI is InChI=1S/C16H33N/c1-5-8-15-10-11-16(6-2)14(3)9-7-12-17(4)13-15/h14-16H,5-13H2,1-4H3. The average Bonchev–Trinajstić information content (AvgIpc) is 2.29. The third-order valence-electron chi connectivity index (χ3n) is 4.74. The van der Waals surface area contributed by atoms with E-state index in [0.717, 1.165) is 17.8 Å². The van der Waals surface area contributed by atoms with Crippen molar-refractivity contribution in [3.05, 3.63) is 0 Å². The second kappa shape index (κ2) is 8.13. The van der Waals surface area contributed by atoms with Gasteiger partial charge in [-0.25, -0.2) is 0 Å². The molecule has 0 saturated carbocycles. The van der Waals surface area contributed by atoms with Crippen LogP contribution in [0.15, 0.2) is 0 Å². The fourth-order valence-electron chi connectivity index (χ4n) is 3.53. The number of rotatable bonds is 3. The largest absolute Gasteiger partial charge is 0.306 e. The molecule has 3 atom stereocenters. The fourth-order valence-corrected chi connectivity index (χ4v) is 3.53. The molecule has 1 nitrogen and oxygen atoms in total. The molecule has 17 heavy (non-hydrogen) atoms. The Balaban J connectivity index is 2.54. The van der Waals surface area contributed by atoms with Crippen molar-refractivity contribution in [2.75, 3.05) is 20.1 Å². The lowest BCUT2D eigenvalue weighted by atomic mass is 9.81. The van der Waals surface area contributed by atoms with E-state index in [4.69, 9.17) is 0 Å². The highest BCUT2D eigenvalue weighted by Gasteiger charge is 2.20. The molecule has 0 aliphatic carbocycles. The summed E-state index contributed by atoms with van der Waals surface area (Å²) in [5, 5.41) is 0. The van der Waals surface area contributed by atoms with Crippen LogP contribution in [0.5, 0.6) is 0 Å². The minimum atomic E-state index is 0.939. The SMILES string of the molecule is CCCC1CCC(CC)C(C)CCCN(C)C1. The second-order valence-corrected chi connectivity index (χ2v) is 6.28. The number of hydrogen-bond acceptors (Lipinski definition) is 1. The lowest BCUT2D eigenvalue weighted by Gasteiger charge is -2.30. The van der Waals surface area contributed by atoms with E-state index in [1.807, 2.05) is 0 Å². The zero-order valence-electron chi connectivity index (χ0n) is 12.5. The summed E-state index contributed by atoms with van der Waals surface area (Å²) in [5.41, 5.74) is 0. The molecular formula is C16H33N. The predicted molar refractivity (Wildman–Crippen MR) is 77.3 cm³/mol. The van der Waals surface area contributed by atoms with Crippen LogP contribution >= 0.6 is 0 Å². The van der Waals surface area contributed by atoms with E-state index in [1.165, 1.54) is 58.0 Å². The molecule has 1 fully saturated rings. The minimum absolute atomic E-state index is 0.939. The molecule has 102 valence electrons. The quantitative estimate of drug-likeness (QED) is 0.697. The molecule has 0 N–H and O–H groups in total. The van der Waals surface area contributed by atoms with Crippen molar-refractivity contribution in [3.63, 3.8) is 0 Å². The summed E-state index contributed by atoms with van der Waals surface area (Å²) in [4.78, 5) is 2.57. The van der Waals surface area contributed by atoms with E-state index in [2.05, 4.69) is 32.7 Å². The molecule has 0 amide bonds. The van der Waals surface area contributed by atoms with Crippen molar-refractivity contribution in [2.24, 2.45) is 17.8 Å². The summed E-state index contributed by atoms with van der Waals surface area (Å²) in [6.45, 7) is 9.83. The third kappa shape index (κ3) is 5.42. The summed E-state index contributed by atoms with van der Waals surface area (Å²) < 4.78 is 0. The van der Waals surface area contributed by atoms with Crippen LogP contribution in [0, 0.1) is 17.8 Å². The molecule has 1 heteroatoms. The van der Waals surface area contributed by atoms with Crippen LogP contribution in [0.25, 0.3) is 0 Å². The molecule has 0 bridgehead atoms. The monoisotopic (exact) mass is 239 g/mol. The Labute approximate surface area is 109 Å². The number of hydrogen-bond donors (Lipinski definition) is 0. The Morgan fingerprint density at radius 3 is 2.53 bits per heavy atom. The Morgan fingerprint density at radius 2 is 1.88 bits per heavy atom. The van der Waals surface area contributed by atoms with Crippen LogP contribution < -0.4 is 0 Å². The van der Waals surface area contributed by atoms with Gasteiger partial charge in [-0.2, -0.15) is 0 Å². The predicted octanol–water partition coefficient (Wildman–Crippen LogP) is 4.57. The molecule has 1 saturated heterocycles. The molecule has 0 radical (unpaired) electrons. The lowest BCUT2D eigenvalue weighted by Crippen LogP contribution is -2.29. The van der Waals surface area contributed by atoms with Crippen LogP contribution in [-0.2, 0) is 0 Å². The molecule has 0 spiro atoms. The number of nitrogens with zero attached hydrogens (tertiary/aromatic N) is 1. The maximum absolute atomic E-state index is 2.57. The van der Waals surface area contributed by atoms with Crippen LogP contribution in [-0.4, -0.2) is 25.0 Å². The summed E-state index contributed by atoms with van der Waals surface area (Å²) in [5.74, 6) is 2.87. The van der Waals surface area contributed by atoms with Crippen molar-refractivity contribution >= 4 is 0 Å².